The smallest absolute Gasteiger partial charge is 0.314 e. The molecule has 2 N–H and O–H groups in total. The van der Waals surface area contributed by atoms with Crippen molar-refractivity contribution in [3.8, 4) is 0 Å². The van der Waals surface area contributed by atoms with Gasteiger partial charge in [-0.1, -0.05) is 25.3 Å². The number of carboxylic acids is 1. The molecule has 0 atom stereocenters. The summed E-state index contributed by atoms with van der Waals surface area (Å²) in [5, 5.41) is 9.62. The Balaban J connectivity index is 2.10. The predicted octanol–water partition coefficient (Wildman–Crippen LogP) is 2.76. The Labute approximate surface area is 137 Å². The maximum absolute atomic E-state index is 12.1. The summed E-state index contributed by atoms with van der Waals surface area (Å²) in [4.78, 5) is 12.0. The first-order chi connectivity index (χ1) is 10.9. The van der Waals surface area contributed by atoms with Crippen LogP contribution in [0.1, 0.15) is 62.0 Å². The first-order valence-electron chi connectivity index (χ1n) is 8.22. The van der Waals surface area contributed by atoms with E-state index in [-0.39, 0.29) is 10.8 Å². The monoisotopic (exact) mass is 337 g/mol. The van der Waals surface area contributed by atoms with Gasteiger partial charge in [0.25, 0.3) is 0 Å². The molecule has 0 heterocycles. The van der Waals surface area contributed by atoms with E-state index in [9.17, 15) is 18.3 Å². The molecule has 0 amide bonds. The molecular formula is C17H23NO4S. The van der Waals surface area contributed by atoms with E-state index in [0.717, 1.165) is 36.8 Å². The van der Waals surface area contributed by atoms with Crippen LogP contribution in [-0.4, -0.2) is 26.5 Å². The van der Waals surface area contributed by atoms with E-state index >= 15 is 0 Å². The number of rotatable bonds is 5. The van der Waals surface area contributed by atoms with Crippen LogP contribution in [0.5, 0.6) is 0 Å². The fraction of sp³-hybridized carbons (Fsp3) is 0.588. The van der Waals surface area contributed by atoms with Crippen molar-refractivity contribution in [2.45, 2.75) is 61.2 Å². The van der Waals surface area contributed by atoms with Crippen molar-refractivity contribution in [2.75, 3.05) is 7.05 Å². The molecule has 126 valence electrons. The van der Waals surface area contributed by atoms with E-state index in [0.29, 0.717) is 12.8 Å². The van der Waals surface area contributed by atoms with Gasteiger partial charge < -0.3 is 5.11 Å². The van der Waals surface area contributed by atoms with Crippen molar-refractivity contribution in [3.05, 3.63) is 29.3 Å². The molecule has 0 radical (unpaired) electrons. The molecule has 0 bridgehead atoms. The van der Waals surface area contributed by atoms with Gasteiger partial charge in [-0.05, 0) is 61.9 Å². The van der Waals surface area contributed by atoms with Gasteiger partial charge >= 0.3 is 5.97 Å². The summed E-state index contributed by atoms with van der Waals surface area (Å²) in [5.74, 6) is -0.527. The second kappa shape index (κ2) is 5.91. The van der Waals surface area contributed by atoms with Crippen molar-refractivity contribution < 1.29 is 18.3 Å². The minimum Gasteiger partial charge on any atom is -0.481 e. The van der Waals surface area contributed by atoms with Crippen molar-refractivity contribution >= 4 is 16.0 Å². The first kappa shape index (κ1) is 16.5. The number of carbonyl (C=O) groups is 1. The molecular weight excluding hydrogens is 314 g/mol. The quantitative estimate of drug-likeness (QED) is 0.865. The lowest BCUT2D eigenvalue weighted by atomic mass is 9.78. The van der Waals surface area contributed by atoms with Gasteiger partial charge in [-0.15, -0.1) is 0 Å². The third-order valence-electron chi connectivity index (χ3n) is 5.32. The minimum atomic E-state index is -3.52. The molecule has 0 saturated heterocycles. The van der Waals surface area contributed by atoms with Crippen molar-refractivity contribution in [2.24, 2.45) is 0 Å². The largest absolute Gasteiger partial charge is 0.481 e. The van der Waals surface area contributed by atoms with E-state index in [1.165, 1.54) is 19.5 Å². The lowest BCUT2D eigenvalue weighted by molar-refractivity contribution is -0.140. The molecule has 0 spiro atoms. The highest BCUT2D eigenvalue weighted by atomic mass is 32.2. The van der Waals surface area contributed by atoms with E-state index in [1.54, 1.807) is 12.1 Å². The minimum absolute atomic E-state index is 0.227. The number of sulfonamides is 1. The third-order valence-corrected chi connectivity index (χ3v) is 6.73. The Morgan fingerprint density at radius 3 is 2.39 bits per heavy atom. The van der Waals surface area contributed by atoms with Crippen LogP contribution in [0.3, 0.4) is 0 Å². The molecule has 3 rings (SSSR count). The second-order valence-electron chi connectivity index (χ2n) is 6.68. The fourth-order valence-corrected chi connectivity index (χ4v) is 4.50. The van der Waals surface area contributed by atoms with Gasteiger partial charge in [0.05, 0.1) is 10.3 Å². The molecule has 2 aliphatic rings. The molecule has 2 fully saturated rings. The van der Waals surface area contributed by atoms with Crippen molar-refractivity contribution in [1.29, 1.82) is 0 Å². The normalized spacial score (nSPS) is 21.1. The van der Waals surface area contributed by atoms with Gasteiger partial charge in [-0.25, -0.2) is 13.1 Å². The van der Waals surface area contributed by atoms with Gasteiger partial charge in [0.1, 0.15) is 0 Å². The molecule has 0 aromatic heterocycles. The van der Waals surface area contributed by atoms with Crippen LogP contribution in [-0.2, 0) is 20.2 Å². The van der Waals surface area contributed by atoms with Crippen LogP contribution in [0.15, 0.2) is 23.1 Å². The van der Waals surface area contributed by atoms with Crippen LogP contribution < -0.4 is 4.72 Å². The van der Waals surface area contributed by atoms with E-state index < -0.39 is 21.4 Å². The summed E-state index contributed by atoms with van der Waals surface area (Å²) in [6, 6.07) is 4.98. The lowest BCUT2D eigenvalue weighted by Crippen LogP contribution is -2.24. The third kappa shape index (κ3) is 2.90. The Bertz CT molecular complexity index is 716. The summed E-state index contributed by atoms with van der Waals surface area (Å²) >= 11 is 0. The molecule has 5 nitrogen and oxygen atoms in total. The summed E-state index contributed by atoms with van der Waals surface area (Å²) in [7, 11) is -2.13. The molecule has 2 aliphatic carbocycles. The maximum atomic E-state index is 12.1. The highest BCUT2D eigenvalue weighted by Crippen LogP contribution is 2.52. The number of benzene rings is 1. The molecule has 2 saturated carbocycles. The lowest BCUT2D eigenvalue weighted by Gasteiger charge is -2.27. The molecule has 0 unspecified atom stereocenters. The Morgan fingerprint density at radius 2 is 1.87 bits per heavy atom. The number of hydrogen-bond acceptors (Lipinski definition) is 3. The van der Waals surface area contributed by atoms with E-state index in [2.05, 4.69) is 4.72 Å². The highest BCUT2D eigenvalue weighted by Gasteiger charge is 2.53. The number of nitrogens with one attached hydrogen (secondary N) is 1. The van der Waals surface area contributed by atoms with Gasteiger partial charge in [-0.2, -0.15) is 0 Å². The van der Waals surface area contributed by atoms with Crippen molar-refractivity contribution in [3.63, 3.8) is 0 Å². The molecule has 23 heavy (non-hydrogen) atoms. The van der Waals surface area contributed by atoms with E-state index in [1.807, 2.05) is 0 Å². The summed E-state index contributed by atoms with van der Waals surface area (Å²) in [5.41, 5.74) is 0.960. The molecule has 1 aromatic rings. The predicted molar refractivity (Wildman–Crippen MR) is 87.1 cm³/mol. The highest BCUT2D eigenvalue weighted by molar-refractivity contribution is 7.89. The van der Waals surface area contributed by atoms with Crippen LogP contribution in [0, 0.1) is 0 Å². The van der Waals surface area contributed by atoms with Crippen LogP contribution in [0.4, 0.5) is 0 Å². The zero-order valence-corrected chi connectivity index (χ0v) is 14.2. The van der Waals surface area contributed by atoms with Gasteiger partial charge in [0, 0.05) is 0 Å². The van der Waals surface area contributed by atoms with Crippen molar-refractivity contribution in [1.82, 2.24) is 4.72 Å². The summed E-state index contributed by atoms with van der Waals surface area (Å²) in [6.45, 7) is 0. The average molecular weight is 337 g/mol. The fourth-order valence-electron chi connectivity index (χ4n) is 3.74. The van der Waals surface area contributed by atoms with Crippen LogP contribution >= 0.6 is 0 Å². The van der Waals surface area contributed by atoms with E-state index in [4.69, 9.17) is 0 Å². The number of aliphatic carboxylic acids is 1. The van der Waals surface area contributed by atoms with Gasteiger partial charge in [-0.3, -0.25) is 4.79 Å². The second-order valence-corrected chi connectivity index (χ2v) is 8.57. The molecule has 0 aliphatic heterocycles. The van der Waals surface area contributed by atoms with Gasteiger partial charge in [0.2, 0.25) is 10.0 Å². The summed E-state index contributed by atoms with van der Waals surface area (Å²) in [6.07, 6.45) is 6.72. The summed E-state index contributed by atoms with van der Waals surface area (Å²) < 4.78 is 26.6. The average Bonchev–Trinajstić information content (AvgIpc) is 3.37. The zero-order chi connectivity index (χ0) is 16.7. The zero-order valence-electron chi connectivity index (χ0n) is 13.3. The Kier molecular flexibility index (Phi) is 4.23. The Hall–Kier alpha value is -1.40. The number of hydrogen-bond donors (Lipinski definition) is 2. The maximum Gasteiger partial charge on any atom is 0.314 e. The Morgan fingerprint density at radius 1 is 1.22 bits per heavy atom. The van der Waals surface area contributed by atoms with Crippen LogP contribution in [0.2, 0.25) is 0 Å². The SMILES string of the molecule is CNS(=O)(=O)c1ccc(C2(C(=O)O)CC2)c(C2CCCCC2)c1. The molecule has 1 aromatic carbocycles. The standard InChI is InChI=1S/C17H23NO4S/c1-18-23(21,22)13-7-8-15(17(9-10-17)16(19)20)14(11-13)12-5-3-2-4-6-12/h7-8,11-12,18H,2-6,9-10H2,1H3,(H,19,20). The first-order valence-corrected chi connectivity index (χ1v) is 9.70. The molecule has 6 heteroatoms. The van der Waals surface area contributed by atoms with Gasteiger partial charge in [0.15, 0.2) is 0 Å². The topological polar surface area (TPSA) is 83.5 Å². The van der Waals surface area contributed by atoms with Crippen LogP contribution in [0.25, 0.3) is 0 Å². The number of carboxylic acid groups (broad SMARTS) is 1.